The summed E-state index contributed by atoms with van der Waals surface area (Å²) in [4.78, 5) is 8.44. The number of nitrogens with zero attached hydrogens (tertiary/aromatic N) is 2. The van der Waals surface area contributed by atoms with Gasteiger partial charge in [-0.3, -0.25) is 4.98 Å². The Balaban J connectivity index is 1.87. The molecule has 14 heavy (non-hydrogen) atoms. The van der Waals surface area contributed by atoms with Gasteiger partial charge in [-0.15, -0.1) is 0 Å². The highest BCUT2D eigenvalue weighted by Crippen LogP contribution is 2.51. The van der Waals surface area contributed by atoms with E-state index in [9.17, 15) is 0 Å². The van der Waals surface area contributed by atoms with Gasteiger partial charge in [0, 0.05) is 12.7 Å². The Morgan fingerprint density at radius 3 is 2.79 bits per heavy atom. The zero-order valence-electron chi connectivity index (χ0n) is 9.04. The fraction of sp³-hybridized carbons (Fsp3) is 0.636. The highest BCUT2D eigenvalue weighted by molar-refractivity contribution is 5.32. The van der Waals surface area contributed by atoms with Crippen LogP contribution >= 0.6 is 0 Å². The molecule has 1 aliphatic carbocycles. The molecule has 1 aliphatic rings. The first-order valence-corrected chi connectivity index (χ1v) is 5.10. The third-order valence-corrected chi connectivity index (χ3v) is 3.00. The molecule has 0 aromatic carbocycles. The van der Waals surface area contributed by atoms with E-state index in [1.807, 2.05) is 6.92 Å². The van der Waals surface area contributed by atoms with Crippen LogP contribution in [0, 0.1) is 18.3 Å². The van der Waals surface area contributed by atoms with Crippen molar-refractivity contribution in [2.45, 2.75) is 27.2 Å². The van der Waals surface area contributed by atoms with E-state index in [2.05, 4.69) is 29.1 Å². The average molecular weight is 191 g/mol. The number of aryl methyl sites for hydroxylation is 1. The fourth-order valence-electron chi connectivity index (χ4n) is 1.70. The molecule has 76 valence electrons. The highest BCUT2D eigenvalue weighted by atomic mass is 15.0. The van der Waals surface area contributed by atoms with Crippen LogP contribution in [0.15, 0.2) is 12.4 Å². The molecule has 0 aliphatic heterocycles. The van der Waals surface area contributed by atoms with E-state index >= 15 is 0 Å². The number of hydrogen-bond donors (Lipinski definition) is 1. The maximum absolute atomic E-state index is 4.35. The lowest BCUT2D eigenvalue weighted by atomic mass is 10.1. The molecule has 1 atom stereocenters. The quantitative estimate of drug-likeness (QED) is 0.796. The summed E-state index contributed by atoms with van der Waals surface area (Å²) < 4.78 is 0. The van der Waals surface area contributed by atoms with Gasteiger partial charge in [0.25, 0.3) is 0 Å². The van der Waals surface area contributed by atoms with Gasteiger partial charge in [0.15, 0.2) is 0 Å². The lowest BCUT2D eigenvalue weighted by molar-refractivity contribution is 0.572. The third kappa shape index (κ3) is 2.03. The van der Waals surface area contributed by atoms with E-state index in [1.54, 1.807) is 12.4 Å². The van der Waals surface area contributed by atoms with Gasteiger partial charge >= 0.3 is 0 Å². The maximum Gasteiger partial charge on any atom is 0.144 e. The van der Waals surface area contributed by atoms with Crippen molar-refractivity contribution in [3.05, 3.63) is 18.1 Å². The number of anilines is 1. The van der Waals surface area contributed by atoms with E-state index in [0.717, 1.165) is 24.0 Å². The molecule has 0 amide bonds. The second kappa shape index (κ2) is 3.23. The summed E-state index contributed by atoms with van der Waals surface area (Å²) in [5.74, 6) is 1.69. The molecule has 0 radical (unpaired) electrons. The standard InChI is InChI=1S/C11H17N3/c1-8-5-12-7-10(14-8)13-6-9-4-11(9,2)3/h5,7,9H,4,6H2,1-3H3,(H,13,14). The number of nitrogens with one attached hydrogen (secondary N) is 1. The monoisotopic (exact) mass is 191 g/mol. The van der Waals surface area contributed by atoms with E-state index in [4.69, 9.17) is 0 Å². The minimum absolute atomic E-state index is 0.532. The van der Waals surface area contributed by atoms with Crippen molar-refractivity contribution in [3.8, 4) is 0 Å². The van der Waals surface area contributed by atoms with Crippen molar-refractivity contribution >= 4 is 5.82 Å². The fourth-order valence-corrected chi connectivity index (χ4v) is 1.70. The molecule has 2 rings (SSSR count). The van der Waals surface area contributed by atoms with Crippen molar-refractivity contribution in [2.75, 3.05) is 11.9 Å². The molecular formula is C11H17N3. The van der Waals surface area contributed by atoms with Gasteiger partial charge in [-0.05, 0) is 24.7 Å². The second-order valence-corrected chi connectivity index (χ2v) is 4.82. The first-order valence-electron chi connectivity index (χ1n) is 5.10. The van der Waals surface area contributed by atoms with Crippen LogP contribution in [0.1, 0.15) is 26.0 Å². The molecule has 1 heterocycles. The summed E-state index contributed by atoms with van der Waals surface area (Å²) in [7, 11) is 0. The molecule has 1 N–H and O–H groups in total. The third-order valence-electron chi connectivity index (χ3n) is 3.00. The molecule has 1 aromatic rings. The summed E-state index contributed by atoms with van der Waals surface area (Å²) in [6.07, 6.45) is 4.87. The van der Waals surface area contributed by atoms with Crippen LogP contribution < -0.4 is 5.32 Å². The first kappa shape index (κ1) is 9.44. The normalized spacial score (nSPS) is 23.2. The average Bonchev–Trinajstić information content (AvgIpc) is 2.71. The zero-order valence-corrected chi connectivity index (χ0v) is 9.04. The summed E-state index contributed by atoms with van der Waals surface area (Å²) in [6, 6.07) is 0. The van der Waals surface area contributed by atoms with Crippen LogP contribution in [0.3, 0.4) is 0 Å². The van der Waals surface area contributed by atoms with Gasteiger partial charge in [0.2, 0.25) is 0 Å². The van der Waals surface area contributed by atoms with Gasteiger partial charge in [0.1, 0.15) is 5.82 Å². The Labute approximate surface area is 85.0 Å². The number of aromatic nitrogens is 2. The summed E-state index contributed by atoms with van der Waals surface area (Å²) in [5, 5.41) is 3.33. The van der Waals surface area contributed by atoms with Crippen molar-refractivity contribution in [2.24, 2.45) is 11.3 Å². The van der Waals surface area contributed by atoms with E-state index in [0.29, 0.717) is 5.41 Å². The topological polar surface area (TPSA) is 37.8 Å². The summed E-state index contributed by atoms with van der Waals surface area (Å²) >= 11 is 0. The molecule has 0 saturated heterocycles. The van der Waals surface area contributed by atoms with Crippen LogP contribution in [-0.4, -0.2) is 16.5 Å². The maximum atomic E-state index is 4.35. The SMILES string of the molecule is Cc1cncc(NCC2CC2(C)C)n1. The van der Waals surface area contributed by atoms with Crippen molar-refractivity contribution in [1.29, 1.82) is 0 Å². The molecule has 0 bridgehead atoms. The Bertz CT molecular complexity index is 333. The van der Waals surface area contributed by atoms with Gasteiger partial charge in [-0.1, -0.05) is 13.8 Å². The van der Waals surface area contributed by atoms with Gasteiger partial charge in [0.05, 0.1) is 11.9 Å². The summed E-state index contributed by atoms with van der Waals surface area (Å²) in [5.41, 5.74) is 1.50. The van der Waals surface area contributed by atoms with Crippen LogP contribution in [0.4, 0.5) is 5.82 Å². The van der Waals surface area contributed by atoms with Gasteiger partial charge in [-0.2, -0.15) is 0 Å². The minimum atomic E-state index is 0.532. The number of rotatable bonds is 3. The Kier molecular flexibility index (Phi) is 2.17. The smallest absolute Gasteiger partial charge is 0.144 e. The van der Waals surface area contributed by atoms with Gasteiger partial charge in [-0.25, -0.2) is 4.98 Å². The largest absolute Gasteiger partial charge is 0.368 e. The minimum Gasteiger partial charge on any atom is -0.368 e. The van der Waals surface area contributed by atoms with Crippen molar-refractivity contribution < 1.29 is 0 Å². The number of hydrogen-bond acceptors (Lipinski definition) is 3. The predicted octanol–water partition coefficient (Wildman–Crippen LogP) is 2.24. The van der Waals surface area contributed by atoms with Crippen LogP contribution in [0.5, 0.6) is 0 Å². The van der Waals surface area contributed by atoms with Crippen LogP contribution in [-0.2, 0) is 0 Å². The van der Waals surface area contributed by atoms with E-state index in [-0.39, 0.29) is 0 Å². The Morgan fingerprint density at radius 1 is 1.50 bits per heavy atom. The lowest BCUT2D eigenvalue weighted by Crippen LogP contribution is -2.08. The molecule has 1 fully saturated rings. The zero-order chi connectivity index (χ0) is 10.2. The van der Waals surface area contributed by atoms with Gasteiger partial charge < -0.3 is 5.32 Å². The lowest BCUT2D eigenvalue weighted by Gasteiger charge is -2.06. The highest BCUT2D eigenvalue weighted by Gasteiger charge is 2.44. The summed E-state index contributed by atoms with van der Waals surface area (Å²) in [6.45, 7) is 7.59. The van der Waals surface area contributed by atoms with E-state index < -0.39 is 0 Å². The van der Waals surface area contributed by atoms with E-state index in [1.165, 1.54) is 6.42 Å². The molecule has 1 saturated carbocycles. The molecule has 3 nitrogen and oxygen atoms in total. The second-order valence-electron chi connectivity index (χ2n) is 4.82. The first-order chi connectivity index (χ1) is 6.58. The van der Waals surface area contributed by atoms with Crippen molar-refractivity contribution in [3.63, 3.8) is 0 Å². The molecular weight excluding hydrogens is 174 g/mol. The van der Waals surface area contributed by atoms with Crippen molar-refractivity contribution in [1.82, 2.24) is 9.97 Å². The van der Waals surface area contributed by atoms with Crippen LogP contribution in [0.25, 0.3) is 0 Å². The molecule has 3 heteroatoms. The molecule has 1 unspecified atom stereocenters. The molecule has 0 spiro atoms. The predicted molar refractivity (Wildman–Crippen MR) is 57.1 cm³/mol. The van der Waals surface area contributed by atoms with Crippen LogP contribution in [0.2, 0.25) is 0 Å². The Morgan fingerprint density at radius 2 is 2.21 bits per heavy atom. The molecule has 1 aromatic heterocycles. The Hall–Kier alpha value is -1.12.